The van der Waals surface area contributed by atoms with Gasteiger partial charge in [0.1, 0.15) is 13.2 Å². The molecule has 0 heterocycles. The van der Waals surface area contributed by atoms with Crippen molar-refractivity contribution < 1.29 is 28.6 Å². The number of carbonyl (C=O) groups excluding carboxylic acids is 3. The molecule has 6 heteroatoms. The monoisotopic (exact) mass is 1160 g/mol. The average molecular weight is 1160 g/mol. The molecule has 1 atom stereocenters. The van der Waals surface area contributed by atoms with Gasteiger partial charge in [0.25, 0.3) is 0 Å². The van der Waals surface area contributed by atoms with Gasteiger partial charge < -0.3 is 14.2 Å². The highest BCUT2D eigenvalue weighted by Gasteiger charge is 2.19. The van der Waals surface area contributed by atoms with Gasteiger partial charge >= 0.3 is 17.9 Å². The van der Waals surface area contributed by atoms with E-state index in [2.05, 4.69) is 93.7 Å². The number of esters is 3. The van der Waals surface area contributed by atoms with E-state index in [0.29, 0.717) is 19.3 Å². The summed E-state index contributed by atoms with van der Waals surface area (Å²) in [6.07, 6.45) is 93.5. The maximum Gasteiger partial charge on any atom is 0.306 e. The second-order valence-electron chi connectivity index (χ2n) is 24.5. The maximum absolute atomic E-state index is 13.0. The summed E-state index contributed by atoms with van der Waals surface area (Å²) in [6, 6.07) is 0. The minimum absolute atomic E-state index is 0.0700. The zero-order valence-corrected chi connectivity index (χ0v) is 55.5. The van der Waals surface area contributed by atoms with E-state index in [0.717, 1.165) is 96.3 Å². The number of allylic oxidation sites excluding steroid dienone is 12. The molecule has 0 aromatic heterocycles. The first-order chi connectivity index (χ1) is 41.0. The van der Waals surface area contributed by atoms with Crippen LogP contribution >= 0.6 is 0 Å². The molecule has 482 valence electrons. The molecular weight excluding hydrogens is 1020 g/mol. The van der Waals surface area contributed by atoms with Crippen LogP contribution in [0, 0.1) is 0 Å². The fourth-order valence-electron chi connectivity index (χ4n) is 10.8. The van der Waals surface area contributed by atoms with Gasteiger partial charge in [-0.15, -0.1) is 0 Å². The highest BCUT2D eigenvalue weighted by Crippen LogP contribution is 2.18. The molecule has 0 fully saturated rings. The molecule has 0 aliphatic carbocycles. The Morgan fingerprint density at radius 3 is 0.735 bits per heavy atom. The van der Waals surface area contributed by atoms with Crippen molar-refractivity contribution in [3.05, 3.63) is 72.9 Å². The van der Waals surface area contributed by atoms with Gasteiger partial charge in [-0.3, -0.25) is 14.4 Å². The molecule has 0 aromatic carbocycles. The number of hydrogen-bond donors (Lipinski definition) is 0. The minimum atomic E-state index is -0.775. The third kappa shape index (κ3) is 69.5. The van der Waals surface area contributed by atoms with Gasteiger partial charge in [-0.05, 0) is 70.6 Å². The van der Waals surface area contributed by atoms with Gasteiger partial charge in [-0.1, -0.05) is 363 Å². The van der Waals surface area contributed by atoms with Crippen molar-refractivity contribution in [1.82, 2.24) is 0 Å². The molecule has 6 nitrogen and oxygen atoms in total. The van der Waals surface area contributed by atoms with Crippen LogP contribution in [0.1, 0.15) is 380 Å². The van der Waals surface area contributed by atoms with E-state index in [4.69, 9.17) is 14.2 Å². The lowest BCUT2D eigenvalue weighted by Gasteiger charge is -2.18. The molecule has 0 radical (unpaired) electrons. The largest absolute Gasteiger partial charge is 0.462 e. The Balaban J connectivity index is 4.30. The minimum Gasteiger partial charge on any atom is -0.462 e. The van der Waals surface area contributed by atoms with Gasteiger partial charge in [0.2, 0.25) is 0 Å². The number of rotatable bonds is 67. The SMILES string of the molecule is CC/C=C\C/C=C\C/C=C\C/C=C\C/C=C\C/C=C\CCCCCCCCCCCCC(=O)OCC(COC(=O)CCCCCCCCCCCCCCCCCCC)OC(=O)CCCCCCCCCCCCCCCCCCCCC. The topological polar surface area (TPSA) is 78.9 Å². The lowest BCUT2D eigenvalue weighted by atomic mass is 10.0. The van der Waals surface area contributed by atoms with Crippen molar-refractivity contribution in [3.8, 4) is 0 Å². The first-order valence-electron chi connectivity index (χ1n) is 36.4. The molecule has 83 heavy (non-hydrogen) atoms. The fraction of sp³-hybridized carbons (Fsp3) is 0.805. The van der Waals surface area contributed by atoms with Crippen LogP contribution in [0.15, 0.2) is 72.9 Å². The predicted molar refractivity (Wildman–Crippen MR) is 362 cm³/mol. The molecule has 0 spiro atoms. The Hall–Kier alpha value is -3.15. The van der Waals surface area contributed by atoms with Gasteiger partial charge in [0, 0.05) is 19.3 Å². The lowest BCUT2D eigenvalue weighted by Crippen LogP contribution is -2.30. The summed E-state index contributed by atoms with van der Waals surface area (Å²) in [5.74, 6) is -0.846. The number of carbonyl (C=O) groups is 3. The second kappa shape index (κ2) is 71.3. The smallest absolute Gasteiger partial charge is 0.306 e. The quantitative estimate of drug-likeness (QED) is 0.0261. The lowest BCUT2D eigenvalue weighted by molar-refractivity contribution is -0.167. The summed E-state index contributed by atoms with van der Waals surface area (Å²) < 4.78 is 17.0. The van der Waals surface area contributed by atoms with Crippen LogP contribution < -0.4 is 0 Å². The zero-order valence-electron chi connectivity index (χ0n) is 55.5. The Morgan fingerprint density at radius 2 is 0.470 bits per heavy atom. The number of ether oxygens (including phenoxy) is 3. The molecule has 1 unspecified atom stereocenters. The normalized spacial score (nSPS) is 12.5. The zero-order chi connectivity index (χ0) is 59.9. The summed E-state index contributed by atoms with van der Waals surface area (Å²) >= 11 is 0. The summed E-state index contributed by atoms with van der Waals surface area (Å²) in [6.45, 7) is 6.60. The van der Waals surface area contributed by atoms with Crippen LogP contribution in [0.25, 0.3) is 0 Å². The van der Waals surface area contributed by atoms with E-state index in [-0.39, 0.29) is 31.1 Å². The summed E-state index contributed by atoms with van der Waals surface area (Å²) in [7, 11) is 0. The maximum atomic E-state index is 13.0. The first-order valence-corrected chi connectivity index (χ1v) is 36.4. The van der Waals surface area contributed by atoms with Crippen molar-refractivity contribution in [1.29, 1.82) is 0 Å². The second-order valence-corrected chi connectivity index (χ2v) is 24.5. The molecule has 0 aliphatic rings. The molecule has 0 aromatic rings. The number of hydrogen-bond acceptors (Lipinski definition) is 6. The van der Waals surface area contributed by atoms with E-state index in [1.54, 1.807) is 0 Å². The van der Waals surface area contributed by atoms with E-state index in [1.165, 1.54) is 244 Å². The van der Waals surface area contributed by atoms with Crippen LogP contribution in [-0.4, -0.2) is 37.2 Å². The molecule has 0 N–H and O–H groups in total. The highest BCUT2D eigenvalue weighted by atomic mass is 16.6. The van der Waals surface area contributed by atoms with Crippen LogP contribution in [0.4, 0.5) is 0 Å². The van der Waals surface area contributed by atoms with Gasteiger partial charge in [-0.25, -0.2) is 0 Å². The highest BCUT2D eigenvalue weighted by molar-refractivity contribution is 5.71. The van der Waals surface area contributed by atoms with Crippen molar-refractivity contribution >= 4 is 17.9 Å². The Morgan fingerprint density at radius 1 is 0.253 bits per heavy atom. The molecular formula is C77H138O6. The van der Waals surface area contributed by atoms with Crippen LogP contribution in [0.2, 0.25) is 0 Å². The molecule has 0 saturated heterocycles. The molecule has 0 amide bonds. The molecule has 0 bridgehead atoms. The first kappa shape index (κ1) is 79.8. The van der Waals surface area contributed by atoms with Gasteiger partial charge in [0.05, 0.1) is 0 Å². The Kier molecular flexibility index (Phi) is 68.6. The standard InChI is InChI=1S/C77H138O6/c1-4-7-10-13-16-19-22-25-28-31-33-34-35-36-37-38-39-40-41-42-44-46-49-52-55-58-61-64-67-70-76(79)82-73-74(72-81-75(78)69-66-63-60-57-54-51-48-45-30-27-24-21-18-15-12-9-6-3)83-77(80)71-68-65-62-59-56-53-50-47-43-32-29-26-23-20-17-14-11-8-5-2/h7,10,16,19,25,28,33-34,36-37,39-40,74H,4-6,8-9,11-15,17-18,20-24,26-27,29-32,35,38,41-73H2,1-3H3/b10-7-,19-16-,28-25-,34-33-,37-36-,40-39-. The summed E-state index contributed by atoms with van der Waals surface area (Å²) in [5, 5.41) is 0. The fourth-order valence-corrected chi connectivity index (χ4v) is 10.8. The summed E-state index contributed by atoms with van der Waals surface area (Å²) in [5.41, 5.74) is 0. The van der Waals surface area contributed by atoms with Crippen molar-refractivity contribution in [2.24, 2.45) is 0 Å². The van der Waals surface area contributed by atoms with Crippen molar-refractivity contribution in [2.75, 3.05) is 13.2 Å². The summed E-state index contributed by atoms with van der Waals surface area (Å²) in [4.78, 5) is 38.5. The van der Waals surface area contributed by atoms with E-state index < -0.39 is 6.10 Å². The van der Waals surface area contributed by atoms with E-state index >= 15 is 0 Å². The van der Waals surface area contributed by atoms with Crippen molar-refractivity contribution in [3.63, 3.8) is 0 Å². The van der Waals surface area contributed by atoms with Crippen LogP contribution in [0.5, 0.6) is 0 Å². The third-order valence-electron chi connectivity index (χ3n) is 16.2. The van der Waals surface area contributed by atoms with Crippen LogP contribution in [0.3, 0.4) is 0 Å². The molecule has 0 saturated carbocycles. The van der Waals surface area contributed by atoms with Crippen LogP contribution in [-0.2, 0) is 28.6 Å². The van der Waals surface area contributed by atoms with Crippen molar-refractivity contribution in [2.45, 2.75) is 386 Å². The predicted octanol–water partition coefficient (Wildman–Crippen LogP) is 25.2. The van der Waals surface area contributed by atoms with Gasteiger partial charge in [0.15, 0.2) is 6.10 Å². The van der Waals surface area contributed by atoms with Gasteiger partial charge in [-0.2, -0.15) is 0 Å². The molecule has 0 aliphatic heterocycles. The van der Waals surface area contributed by atoms with E-state index in [1.807, 2.05) is 0 Å². The third-order valence-corrected chi connectivity index (χ3v) is 16.2. The number of unbranched alkanes of at least 4 members (excludes halogenated alkanes) is 44. The van der Waals surface area contributed by atoms with E-state index in [9.17, 15) is 14.4 Å². The average Bonchev–Trinajstić information content (AvgIpc) is 3.49. The Bertz CT molecular complexity index is 1520. The Labute approximate surface area is 516 Å². The molecule has 0 rings (SSSR count).